The van der Waals surface area contributed by atoms with Crippen LogP contribution >= 0.6 is 11.6 Å². The maximum atomic E-state index is 12.8. The summed E-state index contributed by atoms with van der Waals surface area (Å²) >= 11 is 5.68. The lowest BCUT2D eigenvalue weighted by Gasteiger charge is -2.13. The molecule has 0 spiro atoms. The summed E-state index contributed by atoms with van der Waals surface area (Å²) in [5, 5.41) is 10.7. The predicted molar refractivity (Wildman–Crippen MR) is 69.6 cm³/mol. The Bertz CT molecular complexity index is 689. The standard InChI is InChI=1S/C13H7ClF3NO3/c14-9-5-3-7-11(12(9)18(19)20)21-10-6-2-1-4-8(10)13(15,16)17/h1-7H. The van der Waals surface area contributed by atoms with E-state index in [9.17, 15) is 23.3 Å². The molecule has 4 nitrogen and oxygen atoms in total. The minimum Gasteiger partial charge on any atom is -0.449 e. The molecule has 110 valence electrons. The fraction of sp³-hybridized carbons (Fsp3) is 0.0769. The van der Waals surface area contributed by atoms with Gasteiger partial charge < -0.3 is 4.74 Å². The van der Waals surface area contributed by atoms with E-state index in [2.05, 4.69) is 0 Å². The SMILES string of the molecule is O=[N+]([O-])c1c(Cl)cccc1Oc1ccccc1C(F)(F)F. The van der Waals surface area contributed by atoms with Crippen LogP contribution in [0.2, 0.25) is 5.02 Å². The van der Waals surface area contributed by atoms with Gasteiger partial charge >= 0.3 is 11.9 Å². The Hall–Kier alpha value is -2.28. The minimum absolute atomic E-state index is 0.220. The van der Waals surface area contributed by atoms with Crippen molar-refractivity contribution in [3.63, 3.8) is 0 Å². The Balaban J connectivity index is 2.50. The Kier molecular flexibility index (Phi) is 4.04. The topological polar surface area (TPSA) is 52.4 Å². The summed E-state index contributed by atoms with van der Waals surface area (Å²) in [4.78, 5) is 10.1. The minimum atomic E-state index is -4.63. The van der Waals surface area contributed by atoms with Crippen LogP contribution in [-0.4, -0.2) is 4.92 Å². The molecule has 2 rings (SSSR count). The zero-order chi connectivity index (χ0) is 15.6. The third-order valence-electron chi connectivity index (χ3n) is 2.54. The third kappa shape index (κ3) is 3.25. The van der Waals surface area contributed by atoms with Gasteiger partial charge in [0.05, 0.1) is 10.5 Å². The van der Waals surface area contributed by atoms with Crippen molar-refractivity contribution in [2.45, 2.75) is 6.18 Å². The molecule has 21 heavy (non-hydrogen) atoms. The largest absolute Gasteiger partial charge is 0.449 e. The first kappa shape index (κ1) is 15.1. The molecule has 0 aromatic heterocycles. The lowest BCUT2D eigenvalue weighted by atomic mass is 10.2. The first-order valence-electron chi connectivity index (χ1n) is 5.57. The zero-order valence-corrected chi connectivity index (χ0v) is 11.0. The van der Waals surface area contributed by atoms with Gasteiger partial charge in [-0.05, 0) is 24.3 Å². The lowest BCUT2D eigenvalue weighted by Crippen LogP contribution is -2.07. The van der Waals surface area contributed by atoms with E-state index in [1.165, 1.54) is 30.3 Å². The summed E-state index contributed by atoms with van der Waals surface area (Å²) in [5.41, 5.74) is -1.62. The van der Waals surface area contributed by atoms with Crippen LogP contribution in [0, 0.1) is 10.1 Å². The van der Waals surface area contributed by atoms with Crippen LogP contribution in [0.5, 0.6) is 11.5 Å². The van der Waals surface area contributed by atoms with E-state index in [0.29, 0.717) is 0 Å². The number of halogens is 4. The molecule has 0 aliphatic carbocycles. The second-order valence-electron chi connectivity index (χ2n) is 3.94. The third-order valence-corrected chi connectivity index (χ3v) is 2.85. The fourth-order valence-electron chi connectivity index (χ4n) is 1.66. The van der Waals surface area contributed by atoms with E-state index >= 15 is 0 Å². The number of hydrogen-bond acceptors (Lipinski definition) is 3. The molecule has 0 atom stereocenters. The van der Waals surface area contributed by atoms with Crippen LogP contribution in [0.1, 0.15) is 5.56 Å². The molecule has 0 radical (unpaired) electrons. The Labute approximate surface area is 121 Å². The van der Waals surface area contributed by atoms with Gasteiger partial charge in [0, 0.05) is 0 Å². The molecule has 0 aliphatic rings. The van der Waals surface area contributed by atoms with Crippen LogP contribution < -0.4 is 4.74 Å². The normalized spacial score (nSPS) is 11.2. The smallest absolute Gasteiger partial charge is 0.419 e. The van der Waals surface area contributed by atoms with Gasteiger partial charge in [0.2, 0.25) is 5.75 Å². The lowest BCUT2D eigenvalue weighted by molar-refractivity contribution is -0.385. The van der Waals surface area contributed by atoms with Gasteiger partial charge in [-0.1, -0.05) is 29.8 Å². The van der Waals surface area contributed by atoms with Gasteiger partial charge in [-0.25, -0.2) is 0 Å². The Morgan fingerprint density at radius 2 is 1.67 bits per heavy atom. The predicted octanol–water partition coefficient (Wildman–Crippen LogP) is 5.06. The van der Waals surface area contributed by atoms with Crippen LogP contribution in [0.15, 0.2) is 42.5 Å². The summed E-state index contributed by atoms with van der Waals surface area (Å²) in [6, 6.07) is 8.21. The molecule has 0 saturated heterocycles. The number of para-hydroxylation sites is 2. The summed E-state index contributed by atoms with van der Waals surface area (Å²) in [6.45, 7) is 0. The molecular formula is C13H7ClF3NO3. The molecule has 8 heteroatoms. The number of rotatable bonds is 3. The first-order valence-corrected chi connectivity index (χ1v) is 5.95. The van der Waals surface area contributed by atoms with Gasteiger partial charge in [-0.2, -0.15) is 13.2 Å². The van der Waals surface area contributed by atoms with E-state index in [0.717, 1.165) is 12.1 Å². The van der Waals surface area contributed by atoms with Gasteiger partial charge in [-0.15, -0.1) is 0 Å². The van der Waals surface area contributed by atoms with Gasteiger partial charge in [0.15, 0.2) is 0 Å². The maximum absolute atomic E-state index is 12.8. The van der Waals surface area contributed by atoms with Crippen molar-refractivity contribution < 1.29 is 22.8 Å². The van der Waals surface area contributed by atoms with Crippen LogP contribution in [0.4, 0.5) is 18.9 Å². The molecule has 0 bridgehead atoms. The fourth-order valence-corrected chi connectivity index (χ4v) is 1.90. The van der Waals surface area contributed by atoms with Crippen molar-refractivity contribution in [3.8, 4) is 11.5 Å². The van der Waals surface area contributed by atoms with Gasteiger partial charge in [0.1, 0.15) is 10.8 Å². The van der Waals surface area contributed by atoms with Crippen molar-refractivity contribution in [1.29, 1.82) is 0 Å². The average molecular weight is 318 g/mol. The number of nitrogens with zero attached hydrogens (tertiary/aromatic N) is 1. The van der Waals surface area contributed by atoms with Gasteiger partial charge in [-0.3, -0.25) is 10.1 Å². The molecule has 0 aliphatic heterocycles. The highest BCUT2D eigenvalue weighted by molar-refractivity contribution is 6.32. The zero-order valence-electron chi connectivity index (χ0n) is 10.2. The Morgan fingerprint density at radius 3 is 2.29 bits per heavy atom. The molecule has 2 aromatic carbocycles. The number of hydrogen-bond donors (Lipinski definition) is 0. The van der Waals surface area contributed by atoms with Crippen LogP contribution in [0.3, 0.4) is 0 Å². The number of benzene rings is 2. The van der Waals surface area contributed by atoms with Crippen molar-refractivity contribution in [2.75, 3.05) is 0 Å². The summed E-state index contributed by atoms with van der Waals surface area (Å²) in [7, 11) is 0. The second kappa shape index (κ2) is 5.61. The first-order chi connectivity index (χ1) is 9.80. The number of ether oxygens (including phenoxy) is 1. The highest BCUT2D eigenvalue weighted by Gasteiger charge is 2.34. The van der Waals surface area contributed by atoms with E-state index in [-0.39, 0.29) is 10.8 Å². The van der Waals surface area contributed by atoms with Crippen molar-refractivity contribution in [1.82, 2.24) is 0 Å². The van der Waals surface area contributed by atoms with E-state index in [1.54, 1.807) is 0 Å². The van der Waals surface area contributed by atoms with Crippen molar-refractivity contribution in [2.24, 2.45) is 0 Å². The quantitative estimate of drug-likeness (QED) is 0.587. The van der Waals surface area contributed by atoms with Crippen LogP contribution in [0.25, 0.3) is 0 Å². The second-order valence-corrected chi connectivity index (χ2v) is 4.35. The highest BCUT2D eigenvalue weighted by atomic mass is 35.5. The molecule has 0 amide bonds. The number of nitro groups is 1. The molecule has 2 aromatic rings. The van der Waals surface area contributed by atoms with Gasteiger partial charge in [0.25, 0.3) is 0 Å². The summed E-state index contributed by atoms with van der Waals surface area (Å²) < 4.78 is 43.6. The highest BCUT2D eigenvalue weighted by Crippen LogP contribution is 2.41. The number of alkyl halides is 3. The molecular weight excluding hydrogens is 311 g/mol. The molecule has 0 heterocycles. The monoisotopic (exact) mass is 317 g/mol. The van der Waals surface area contributed by atoms with E-state index < -0.39 is 28.1 Å². The molecule has 0 unspecified atom stereocenters. The molecule has 0 fully saturated rings. The van der Waals surface area contributed by atoms with E-state index in [1.807, 2.05) is 0 Å². The molecule has 0 N–H and O–H groups in total. The molecule has 0 saturated carbocycles. The Morgan fingerprint density at radius 1 is 1.05 bits per heavy atom. The summed E-state index contributed by atoms with van der Waals surface area (Å²) in [6.07, 6.45) is -4.63. The van der Waals surface area contributed by atoms with E-state index in [4.69, 9.17) is 16.3 Å². The van der Waals surface area contributed by atoms with Crippen molar-refractivity contribution >= 4 is 17.3 Å². The van der Waals surface area contributed by atoms with Crippen LogP contribution in [-0.2, 0) is 6.18 Å². The summed E-state index contributed by atoms with van der Waals surface area (Å²) in [5.74, 6) is -0.889. The van der Waals surface area contributed by atoms with Crippen molar-refractivity contribution in [3.05, 3.63) is 63.2 Å². The number of nitro benzene ring substituents is 1. The average Bonchev–Trinajstić information content (AvgIpc) is 2.37. The maximum Gasteiger partial charge on any atom is 0.419 e.